The SMILES string of the molecule is CCC1(C)CCCN1CCO. The van der Waals surface area contributed by atoms with Gasteiger partial charge in [-0.3, -0.25) is 4.90 Å². The molecule has 0 aromatic heterocycles. The standard InChI is InChI=1S/C9H19NO/c1-3-9(2)5-4-6-10(9)7-8-11/h11H,3-8H2,1-2H3. The maximum atomic E-state index is 8.81. The van der Waals surface area contributed by atoms with Crippen molar-refractivity contribution in [3.63, 3.8) is 0 Å². The van der Waals surface area contributed by atoms with Crippen LogP contribution in [0.15, 0.2) is 0 Å². The van der Waals surface area contributed by atoms with Gasteiger partial charge < -0.3 is 5.11 Å². The first-order valence-corrected chi connectivity index (χ1v) is 4.59. The Hall–Kier alpha value is -0.0800. The highest BCUT2D eigenvalue weighted by atomic mass is 16.3. The Morgan fingerprint density at radius 2 is 2.27 bits per heavy atom. The molecule has 0 saturated carbocycles. The van der Waals surface area contributed by atoms with Crippen LogP contribution in [0.2, 0.25) is 0 Å². The molecule has 0 amide bonds. The molecule has 0 aromatic carbocycles. The van der Waals surface area contributed by atoms with Gasteiger partial charge in [0, 0.05) is 12.1 Å². The highest BCUT2D eigenvalue weighted by molar-refractivity contribution is 4.90. The van der Waals surface area contributed by atoms with E-state index in [1.165, 1.54) is 25.8 Å². The molecule has 1 N–H and O–H groups in total. The predicted octanol–water partition coefficient (Wildman–Crippen LogP) is 1.24. The van der Waals surface area contributed by atoms with Crippen molar-refractivity contribution < 1.29 is 5.11 Å². The van der Waals surface area contributed by atoms with Crippen LogP contribution in [0.5, 0.6) is 0 Å². The van der Waals surface area contributed by atoms with Crippen molar-refractivity contribution in [2.24, 2.45) is 0 Å². The Morgan fingerprint density at radius 3 is 2.82 bits per heavy atom. The fraction of sp³-hybridized carbons (Fsp3) is 1.00. The van der Waals surface area contributed by atoms with E-state index in [-0.39, 0.29) is 0 Å². The number of hydrogen-bond acceptors (Lipinski definition) is 2. The Morgan fingerprint density at radius 1 is 1.55 bits per heavy atom. The summed E-state index contributed by atoms with van der Waals surface area (Å²) >= 11 is 0. The lowest BCUT2D eigenvalue weighted by Crippen LogP contribution is -2.41. The molecular formula is C9H19NO. The summed E-state index contributed by atoms with van der Waals surface area (Å²) in [7, 11) is 0. The van der Waals surface area contributed by atoms with Crippen molar-refractivity contribution in [3.8, 4) is 0 Å². The fourth-order valence-corrected chi connectivity index (χ4v) is 1.98. The second kappa shape index (κ2) is 3.55. The van der Waals surface area contributed by atoms with Gasteiger partial charge in [-0.15, -0.1) is 0 Å². The highest BCUT2D eigenvalue weighted by Gasteiger charge is 2.33. The minimum atomic E-state index is 0.301. The zero-order chi connectivity index (χ0) is 8.32. The zero-order valence-electron chi connectivity index (χ0n) is 7.64. The summed E-state index contributed by atoms with van der Waals surface area (Å²) in [5.74, 6) is 0. The summed E-state index contributed by atoms with van der Waals surface area (Å²) < 4.78 is 0. The lowest BCUT2D eigenvalue weighted by atomic mass is 9.96. The van der Waals surface area contributed by atoms with Crippen LogP contribution in [0.4, 0.5) is 0 Å². The van der Waals surface area contributed by atoms with Crippen LogP contribution in [-0.4, -0.2) is 35.2 Å². The van der Waals surface area contributed by atoms with Gasteiger partial charge >= 0.3 is 0 Å². The van der Waals surface area contributed by atoms with Crippen LogP contribution in [0.3, 0.4) is 0 Å². The van der Waals surface area contributed by atoms with E-state index in [1.54, 1.807) is 0 Å². The van der Waals surface area contributed by atoms with Crippen LogP contribution >= 0.6 is 0 Å². The summed E-state index contributed by atoms with van der Waals surface area (Å²) in [6.07, 6.45) is 3.79. The number of β-amino-alcohol motifs (C(OH)–C–C–N with tert-alkyl or cyclic N) is 1. The molecular weight excluding hydrogens is 138 g/mol. The van der Waals surface area contributed by atoms with Gasteiger partial charge in [-0.05, 0) is 32.7 Å². The third-order valence-corrected chi connectivity index (χ3v) is 3.04. The van der Waals surface area contributed by atoms with Crippen molar-refractivity contribution in [2.75, 3.05) is 19.7 Å². The third-order valence-electron chi connectivity index (χ3n) is 3.04. The molecule has 2 nitrogen and oxygen atoms in total. The van der Waals surface area contributed by atoms with Gasteiger partial charge in [0.05, 0.1) is 6.61 Å². The van der Waals surface area contributed by atoms with Crippen LogP contribution < -0.4 is 0 Å². The van der Waals surface area contributed by atoms with Crippen LogP contribution in [-0.2, 0) is 0 Å². The Balaban J connectivity index is 2.49. The molecule has 1 rings (SSSR count). The molecule has 0 bridgehead atoms. The van der Waals surface area contributed by atoms with E-state index >= 15 is 0 Å². The van der Waals surface area contributed by atoms with Gasteiger partial charge in [0.25, 0.3) is 0 Å². The maximum Gasteiger partial charge on any atom is 0.0558 e. The van der Waals surface area contributed by atoms with E-state index in [2.05, 4.69) is 18.7 Å². The average molecular weight is 157 g/mol. The molecule has 1 aliphatic heterocycles. The number of likely N-dealkylation sites (tertiary alicyclic amines) is 1. The number of aliphatic hydroxyl groups excluding tert-OH is 1. The molecule has 66 valence electrons. The monoisotopic (exact) mass is 157 g/mol. The number of nitrogens with zero attached hydrogens (tertiary/aromatic N) is 1. The van der Waals surface area contributed by atoms with Crippen LogP contribution in [0.25, 0.3) is 0 Å². The number of aliphatic hydroxyl groups is 1. The smallest absolute Gasteiger partial charge is 0.0558 e. The quantitative estimate of drug-likeness (QED) is 0.666. The van der Waals surface area contributed by atoms with Crippen LogP contribution in [0, 0.1) is 0 Å². The maximum absolute atomic E-state index is 8.81. The molecule has 1 unspecified atom stereocenters. The molecule has 1 saturated heterocycles. The first-order valence-electron chi connectivity index (χ1n) is 4.59. The van der Waals surface area contributed by atoms with Gasteiger partial charge in [0.1, 0.15) is 0 Å². The lowest BCUT2D eigenvalue weighted by molar-refractivity contribution is 0.119. The van der Waals surface area contributed by atoms with Gasteiger partial charge in [0.15, 0.2) is 0 Å². The summed E-state index contributed by atoms with van der Waals surface area (Å²) in [6, 6.07) is 0. The first-order chi connectivity index (χ1) is 5.23. The van der Waals surface area contributed by atoms with Crippen molar-refractivity contribution in [1.29, 1.82) is 0 Å². The predicted molar refractivity (Wildman–Crippen MR) is 46.6 cm³/mol. The van der Waals surface area contributed by atoms with Crippen molar-refractivity contribution in [3.05, 3.63) is 0 Å². The number of hydrogen-bond donors (Lipinski definition) is 1. The Bertz CT molecular complexity index is 127. The first kappa shape index (κ1) is 9.01. The summed E-state index contributed by atoms with van der Waals surface area (Å²) in [6.45, 7) is 6.86. The molecule has 1 fully saturated rings. The molecule has 1 atom stereocenters. The third kappa shape index (κ3) is 1.74. The number of rotatable bonds is 3. The van der Waals surface area contributed by atoms with Gasteiger partial charge in [-0.1, -0.05) is 6.92 Å². The average Bonchev–Trinajstić information content (AvgIpc) is 2.35. The van der Waals surface area contributed by atoms with Gasteiger partial charge in [-0.2, -0.15) is 0 Å². The largest absolute Gasteiger partial charge is 0.395 e. The minimum absolute atomic E-state index is 0.301. The van der Waals surface area contributed by atoms with Crippen molar-refractivity contribution in [1.82, 2.24) is 4.90 Å². The molecule has 11 heavy (non-hydrogen) atoms. The molecule has 0 aliphatic carbocycles. The topological polar surface area (TPSA) is 23.5 Å². The molecule has 0 radical (unpaired) electrons. The van der Waals surface area contributed by atoms with E-state index < -0.39 is 0 Å². The van der Waals surface area contributed by atoms with E-state index in [0.29, 0.717) is 12.1 Å². The van der Waals surface area contributed by atoms with Gasteiger partial charge in [0.2, 0.25) is 0 Å². The van der Waals surface area contributed by atoms with E-state index in [9.17, 15) is 0 Å². The van der Waals surface area contributed by atoms with E-state index in [0.717, 1.165) is 6.54 Å². The van der Waals surface area contributed by atoms with E-state index in [1.807, 2.05) is 0 Å². The lowest BCUT2D eigenvalue weighted by Gasteiger charge is -2.33. The van der Waals surface area contributed by atoms with E-state index in [4.69, 9.17) is 5.11 Å². The molecule has 0 spiro atoms. The Labute approximate surface area is 69.2 Å². The highest BCUT2D eigenvalue weighted by Crippen LogP contribution is 2.30. The molecule has 0 aromatic rings. The fourth-order valence-electron chi connectivity index (χ4n) is 1.98. The minimum Gasteiger partial charge on any atom is -0.395 e. The molecule has 1 aliphatic rings. The van der Waals surface area contributed by atoms with Crippen molar-refractivity contribution in [2.45, 2.75) is 38.6 Å². The zero-order valence-corrected chi connectivity index (χ0v) is 7.64. The van der Waals surface area contributed by atoms with Crippen molar-refractivity contribution >= 4 is 0 Å². The molecule has 2 heteroatoms. The summed E-state index contributed by atoms with van der Waals surface area (Å²) in [4.78, 5) is 2.41. The second-order valence-electron chi connectivity index (χ2n) is 3.66. The summed E-state index contributed by atoms with van der Waals surface area (Å²) in [5.41, 5.74) is 0.378. The second-order valence-corrected chi connectivity index (χ2v) is 3.66. The van der Waals surface area contributed by atoms with Crippen LogP contribution in [0.1, 0.15) is 33.1 Å². The normalized spacial score (nSPS) is 33.0. The Kier molecular flexibility index (Phi) is 2.90. The van der Waals surface area contributed by atoms with Gasteiger partial charge in [-0.25, -0.2) is 0 Å². The summed E-state index contributed by atoms with van der Waals surface area (Å²) in [5, 5.41) is 8.81. The molecule has 1 heterocycles.